The molecule has 0 saturated carbocycles. The molecule has 0 bridgehead atoms. The standard InChI is InChI=1S/C14H22IN3O/c1-16(2)11-9-13(17(3)4)12(7-8-19-15)14(10-11)18(5)6/h7-10H,1-6H3/b8-7+. The number of halogens is 1. The molecule has 4 nitrogen and oxygen atoms in total. The van der Waals surface area contributed by atoms with Gasteiger partial charge in [0.05, 0.1) is 6.26 Å². The van der Waals surface area contributed by atoms with E-state index in [0.717, 1.165) is 5.56 Å². The Hall–Kier alpha value is -1.11. The summed E-state index contributed by atoms with van der Waals surface area (Å²) in [6, 6.07) is 4.36. The molecule has 0 radical (unpaired) electrons. The molecule has 0 amide bonds. The van der Waals surface area contributed by atoms with Gasteiger partial charge < -0.3 is 17.8 Å². The lowest BCUT2D eigenvalue weighted by atomic mass is 10.1. The Labute approximate surface area is 130 Å². The van der Waals surface area contributed by atoms with E-state index in [9.17, 15) is 0 Å². The first-order chi connectivity index (χ1) is 8.88. The predicted molar refractivity (Wildman–Crippen MR) is 93.6 cm³/mol. The highest BCUT2D eigenvalue weighted by Crippen LogP contribution is 2.34. The highest BCUT2D eigenvalue weighted by molar-refractivity contribution is 14.1. The van der Waals surface area contributed by atoms with Gasteiger partial charge in [0, 0.05) is 64.9 Å². The van der Waals surface area contributed by atoms with Crippen molar-refractivity contribution in [3.63, 3.8) is 0 Å². The summed E-state index contributed by atoms with van der Waals surface area (Å²) in [5.74, 6) is 0. The minimum atomic E-state index is 1.15. The second-order valence-electron chi connectivity index (χ2n) is 4.97. The quantitative estimate of drug-likeness (QED) is 0.581. The first-order valence-electron chi connectivity index (χ1n) is 6.02. The zero-order chi connectivity index (χ0) is 14.6. The summed E-state index contributed by atoms with van der Waals surface area (Å²) >= 11 is 1.87. The Balaban J connectivity index is 3.51. The Morgan fingerprint density at radius 2 is 1.37 bits per heavy atom. The van der Waals surface area contributed by atoms with Crippen LogP contribution in [0.1, 0.15) is 5.56 Å². The van der Waals surface area contributed by atoms with Crippen LogP contribution >= 0.6 is 23.0 Å². The van der Waals surface area contributed by atoms with Gasteiger partial charge in [0.1, 0.15) is 0 Å². The highest BCUT2D eigenvalue weighted by Gasteiger charge is 2.13. The molecule has 0 aromatic heterocycles. The van der Waals surface area contributed by atoms with Crippen LogP contribution in [0.4, 0.5) is 17.1 Å². The first-order valence-corrected chi connectivity index (χ1v) is 6.90. The van der Waals surface area contributed by atoms with Crippen molar-refractivity contribution in [2.45, 2.75) is 0 Å². The molecule has 0 fully saturated rings. The summed E-state index contributed by atoms with van der Waals surface area (Å²) in [5.41, 5.74) is 4.66. The van der Waals surface area contributed by atoms with Gasteiger partial charge in [-0.3, -0.25) is 0 Å². The summed E-state index contributed by atoms with van der Waals surface area (Å²) in [6.45, 7) is 0. The van der Waals surface area contributed by atoms with E-state index >= 15 is 0 Å². The van der Waals surface area contributed by atoms with E-state index < -0.39 is 0 Å². The summed E-state index contributed by atoms with van der Waals surface area (Å²) in [4.78, 5) is 6.35. The molecule has 1 aromatic rings. The minimum Gasteiger partial charge on any atom is -0.436 e. The van der Waals surface area contributed by atoms with Crippen LogP contribution in [-0.2, 0) is 3.07 Å². The van der Waals surface area contributed by atoms with Crippen LogP contribution in [0, 0.1) is 0 Å². The molecule has 0 aliphatic rings. The molecular formula is C14H22IN3O. The fourth-order valence-electron chi connectivity index (χ4n) is 1.87. The van der Waals surface area contributed by atoms with Gasteiger partial charge in [0.2, 0.25) is 0 Å². The van der Waals surface area contributed by atoms with Crippen LogP contribution < -0.4 is 14.7 Å². The van der Waals surface area contributed by atoms with E-state index in [1.807, 2.05) is 29.1 Å². The smallest absolute Gasteiger partial charge is 0.191 e. The average Bonchev–Trinajstić information content (AvgIpc) is 2.34. The lowest BCUT2D eigenvalue weighted by Crippen LogP contribution is -2.18. The summed E-state index contributed by atoms with van der Waals surface area (Å²) in [6.07, 6.45) is 3.70. The molecule has 0 heterocycles. The molecule has 0 N–H and O–H groups in total. The number of nitrogens with zero attached hydrogens (tertiary/aromatic N) is 3. The first kappa shape index (κ1) is 15.9. The SMILES string of the molecule is CN(C)c1cc(N(C)C)c(/C=C/OI)c(N(C)C)c1. The van der Waals surface area contributed by atoms with E-state index in [0.29, 0.717) is 0 Å². The highest BCUT2D eigenvalue weighted by atomic mass is 127. The van der Waals surface area contributed by atoms with Gasteiger partial charge in [-0.25, -0.2) is 0 Å². The van der Waals surface area contributed by atoms with Crippen molar-refractivity contribution in [1.82, 2.24) is 0 Å². The maximum absolute atomic E-state index is 5.03. The summed E-state index contributed by atoms with van der Waals surface area (Å²) < 4.78 is 5.03. The van der Waals surface area contributed by atoms with Crippen molar-refractivity contribution in [2.75, 3.05) is 57.0 Å². The van der Waals surface area contributed by atoms with Crippen LogP contribution in [0.5, 0.6) is 0 Å². The van der Waals surface area contributed by atoms with Gasteiger partial charge in [-0.15, -0.1) is 0 Å². The molecule has 19 heavy (non-hydrogen) atoms. The van der Waals surface area contributed by atoms with E-state index in [1.165, 1.54) is 17.1 Å². The van der Waals surface area contributed by atoms with Gasteiger partial charge in [0.15, 0.2) is 23.0 Å². The minimum absolute atomic E-state index is 1.15. The molecule has 1 aromatic carbocycles. The Kier molecular flexibility index (Phi) is 5.78. The molecule has 0 aliphatic carbocycles. The predicted octanol–water partition coefficient (Wildman–Crippen LogP) is 3.22. The van der Waals surface area contributed by atoms with Crippen LogP contribution in [0.3, 0.4) is 0 Å². The van der Waals surface area contributed by atoms with Gasteiger partial charge in [-0.2, -0.15) is 0 Å². The maximum atomic E-state index is 5.03. The van der Waals surface area contributed by atoms with Crippen LogP contribution in [-0.4, -0.2) is 42.3 Å². The normalized spacial score (nSPS) is 10.7. The van der Waals surface area contributed by atoms with E-state index in [1.54, 1.807) is 6.26 Å². The fraction of sp³-hybridized carbons (Fsp3) is 0.429. The number of rotatable bonds is 5. The molecule has 0 saturated heterocycles. The summed E-state index contributed by atoms with van der Waals surface area (Å²) in [5, 5.41) is 0. The Bertz CT molecular complexity index is 427. The second-order valence-corrected chi connectivity index (χ2v) is 5.48. The maximum Gasteiger partial charge on any atom is 0.191 e. The van der Waals surface area contributed by atoms with E-state index in [2.05, 4.69) is 69.1 Å². The van der Waals surface area contributed by atoms with Gasteiger partial charge in [-0.05, 0) is 18.2 Å². The van der Waals surface area contributed by atoms with E-state index in [4.69, 9.17) is 3.07 Å². The van der Waals surface area contributed by atoms with Crippen molar-refractivity contribution < 1.29 is 3.07 Å². The number of hydrogen-bond donors (Lipinski definition) is 0. The Morgan fingerprint density at radius 1 is 0.895 bits per heavy atom. The zero-order valence-corrected chi connectivity index (χ0v) is 14.6. The van der Waals surface area contributed by atoms with Crippen LogP contribution in [0.25, 0.3) is 6.08 Å². The fourth-order valence-corrected chi connectivity index (χ4v) is 2.02. The Morgan fingerprint density at radius 3 is 1.68 bits per heavy atom. The lowest BCUT2D eigenvalue weighted by Gasteiger charge is -2.26. The summed E-state index contributed by atoms with van der Waals surface area (Å²) in [7, 11) is 12.3. The number of benzene rings is 1. The van der Waals surface area contributed by atoms with Crippen LogP contribution in [0.15, 0.2) is 18.4 Å². The van der Waals surface area contributed by atoms with Crippen molar-refractivity contribution in [3.8, 4) is 0 Å². The van der Waals surface area contributed by atoms with E-state index in [-0.39, 0.29) is 0 Å². The molecule has 0 unspecified atom stereocenters. The zero-order valence-electron chi connectivity index (χ0n) is 12.4. The van der Waals surface area contributed by atoms with Crippen molar-refractivity contribution in [1.29, 1.82) is 0 Å². The molecule has 0 aliphatic heterocycles. The largest absolute Gasteiger partial charge is 0.436 e. The van der Waals surface area contributed by atoms with Gasteiger partial charge in [-0.1, -0.05) is 0 Å². The second kappa shape index (κ2) is 6.88. The molecule has 0 spiro atoms. The van der Waals surface area contributed by atoms with Crippen LogP contribution in [0.2, 0.25) is 0 Å². The van der Waals surface area contributed by atoms with Gasteiger partial charge >= 0.3 is 0 Å². The van der Waals surface area contributed by atoms with Gasteiger partial charge in [0.25, 0.3) is 0 Å². The average molecular weight is 375 g/mol. The molecular weight excluding hydrogens is 353 g/mol. The van der Waals surface area contributed by atoms with Crippen molar-refractivity contribution in [3.05, 3.63) is 24.0 Å². The number of anilines is 3. The molecule has 5 heteroatoms. The molecule has 0 atom stereocenters. The lowest BCUT2D eigenvalue weighted by molar-refractivity contribution is 0.642. The van der Waals surface area contributed by atoms with Crippen molar-refractivity contribution in [2.24, 2.45) is 0 Å². The van der Waals surface area contributed by atoms with Crippen molar-refractivity contribution >= 4 is 46.1 Å². The third-order valence-corrected chi connectivity index (χ3v) is 3.18. The number of hydrogen-bond acceptors (Lipinski definition) is 4. The molecule has 106 valence electrons. The third kappa shape index (κ3) is 3.92. The third-order valence-electron chi connectivity index (χ3n) is 2.89. The monoisotopic (exact) mass is 375 g/mol. The topological polar surface area (TPSA) is 19.0 Å². The molecule has 1 rings (SSSR count).